The van der Waals surface area contributed by atoms with E-state index in [0.29, 0.717) is 12.5 Å². The Bertz CT molecular complexity index is 478. The van der Waals surface area contributed by atoms with Crippen LogP contribution in [0.1, 0.15) is 20.3 Å². The van der Waals surface area contributed by atoms with Crippen LogP contribution in [0.2, 0.25) is 0 Å². The molecule has 104 valence electrons. The Morgan fingerprint density at radius 2 is 2.32 bits per heavy atom. The third-order valence-electron chi connectivity index (χ3n) is 2.55. The summed E-state index contributed by atoms with van der Waals surface area (Å²) in [7, 11) is 0. The van der Waals surface area contributed by atoms with Gasteiger partial charge in [0.15, 0.2) is 0 Å². The Hall–Kier alpha value is -1.07. The lowest BCUT2D eigenvalue weighted by Crippen LogP contribution is -2.06. The average Bonchev–Trinajstić information content (AvgIpc) is 2.82. The fourth-order valence-corrected chi connectivity index (χ4v) is 2.47. The van der Waals surface area contributed by atoms with E-state index >= 15 is 0 Å². The quantitative estimate of drug-likeness (QED) is 0.577. The van der Waals surface area contributed by atoms with Crippen LogP contribution in [0.5, 0.6) is 5.88 Å². The van der Waals surface area contributed by atoms with E-state index in [1.54, 1.807) is 24.0 Å². The van der Waals surface area contributed by atoms with Crippen molar-refractivity contribution in [3.8, 4) is 5.88 Å². The first-order valence-electron chi connectivity index (χ1n) is 6.16. The molecule has 19 heavy (non-hydrogen) atoms. The molecular formula is C14H20N2OS2. The van der Waals surface area contributed by atoms with Crippen LogP contribution in [0.3, 0.4) is 0 Å². The Morgan fingerprint density at radius 1 is 1.58 bits per heavy atom. The zero-order valence-electron chi connectivity index (χ0n) is 11.4. The smallest absolute Gasteiger partial charge is 0.234 e. The maximum atomic E-state index is 5.68. The van der Waals surface area contributed by atoms with Gasteiger partial charge in [-0.25, -0.2) is 4.09 Å². The van der Waals surface area contributed by atoms with Crippen LogP contribution in [0.25, 0.3) is 0 Å². The number of hydrogen-bond donors (Lipinski definition) is 1. The summed E-state index contributed by atoms with van der Waals surface area (Å²) in [6.07, 6.45) is 4.48. The van der Waals surface area contributed by atoms with Crippen LogP contribution in [0.15, 0.2) is 47.5 Å². The molecule has 1 aromatic heterocycles. The maximum Gasteiger partial charge on any atom is 0.234 e. The third-order valence-corrected chi connectivity index (χ3v) is 3.79. The lowest BCUT2D eigenvalue weighted by Gasteiger charge is -2.14. The Morgan fingerprint density at radius 3 is 2.79 bits per heavy atom. The van der Waals surface area contributed by atoms with Gasteiger partial charge in [0.05, 0.1) is 0 Å². The van der Waals surface area contributed by atoms with Crippen LogP contribution in [-0.4, -0.2) is 21.5 Å². The molecule has 0 N–H and O–H groups in total. The van der Waals surface area contributed by atoms with Crippen molar-refractivity contribution in [1.82, 2.24) is 9.19 Å². The molecule has 3 nitrogen and oxygen atoms in total. The van der Waals surface area contributed by atoms with E-state index in [2.05, 4.69) is 44.9 Å². The molecule has 0 spiro atoms. The molecule has 0 radical (unpaired) electrons. The number of thiol groups is 1. The van der Waals surface area contributed by atoms with Crippen LogP contribution < -0.4 is 4.74 Å². The molecule has 0 aliphatic heterocycles. The Balaban J connectivity index is 2.85. The second kappa shape index (κ2) is 8.17. The van der Waals surface area contributed by atoms with Crippen molar-refractivity contribution in [1.29, 1.82) is 0 Å². The van der Waals surface area contributed by atoms with Crippen LogP contribution >= 0.6 is 24.6 Å². The van der Waals surface area contributed by atoms with E-state index in [0.717, 1.165) is 28.2 Å². The van der Waals surface area contributed by atoms with Gasteiger partial charge in [0, 0.05) is 22.7 Å². The number of allylic oxidation sites excluding steroid dienone is 1. The fourth-order valence-electron chi connectivity index (χ4n) is 1.51. The number of hydrogen-bond acceptors (Lipinski definition) is 4. The highest BCUT2D eigenvalue weighted by Crippen LogP contribution is 2.27. The SMILES string of the molecule is C=C/C(SCC)=C(/COc1ccn(S)n1)C(=C)CC. The first kappa shape index (κ1) is 16.0. The molecule has 0 aliphatic rings. The van der Waals surface area contributed by atoms with Crippen LogP contribution in [-0.2, 0) is 0 Å². The van der Waals surface area contributed by atoms with Crippen molar-refractivity contribution in [2.45, 2.75) is 20.3 Å². The molecule has 0 amide bonds. The Kier molecular flexibility index (Phi) is 6.87. The van der Waals surface area contributed by atoms with Gasteiger partial charge >= 0.3 is 0 Å². The summed E-state index contributed by atoms with van der Waals surface area (Å²) in [5.41, 5.74) is 2.17. The van der Waals surface area contributed by atoms with Crippen LogP contribution in [0.4, 0.5) is 0 Å². The molecule has 0 bridgehead atoms. The van der Waals surface area contributed by atoms with E-state index < -0.39 is 0 Å². The topological polar surface area (TPSA) is 27.1 Å². The summed E-state index contributed by atoms with van der Waals surface area (Å²) in [6.45, 7) is 12.6. The lowest BCUT2D eigenvalue weighted by atomic mass is 10.1. The summed E-state index contributed by atoms with van der Waals surface area (Å²) in [5.74, 6) is 1.55. The van der Waals surface area contributed by atoms with Crippen molar-refractivity contribution >= 4 is 24.6 Å². The third kappa shape index (κ3) is 4.84. The van der Waals surface area contributed by atoms with E-state index in [9.17, 15) is 0 Å². The van der Waals surface area contributed by atoms with Crippen molar-refractivity contribution in [3.05, 3.63) is 47.5 Å². The van der Waals surface area contributed by atoms with Crippen molar-refractivity contribution in [2.75, 3.05) is 12.4 Å². The van der Waals surface area contributed by atoms with E-state index in [1.165, 1.54) is 4.09 Å². The van der Waals surface area contributed by atoms with Crippen molar-refractivity contribution < 1.29 is 4.74 Å². The zero-order valence-corrected chi connectivity index (χ0v) is 13.1. The van der Waals surface area contributed by atoms with Crippen molar-refractivity contribution in [3.63, 3.8) is 0 Å². The van der Waals surface area contributed by atoms with Crippen LogP contribution in [0, 0.1) is 0 Å². The standard InChI is InChI=1S/C14H20N2OS2/c1-5-11(4)12(13(6-2)19-7-3)10-17-14-8-9-16(18)15-14/h6,8-9,18H,2,4-5,7,10H2,1,3H3/b13-12+. The lowest BCUT2D eigenvalue weighted by molar-refractivity contribution is 0.338. The monoisotopic (exact) mass is 296 g/mol. The maximum absolute atomic E-state index is 5.68. The van der Waals surface area contributed by atoms with Gasteiger partial charge in [-0.15, -0.1) is 16.9 Å². The molecule has 1 aromatic rings. The molecule has 0 aliphatic carbocycles. The minimum atomic E-state index is 0.450. The highest BCUT2D eigenvalue weighted by atomic mass is 32.2. The van der Waals surface area contributed by atoms with Gasteiger partial charge < -0.3 is 4.74 Å². The van der Waals surface area contributed by atoms with Gasteiger partial charge in [-0.1, -0.05) is 33.1 Å². The second-order valence-corrected chi connectivity index (χ2v) is 5.52. The van der Waals surface area contributed by atoms with Gasteiger partial charge in [-0.3, -0.25) is 0 Å². The minimum absolute atomic E-state index is 0.450. The molecule has 0 atom stereocenters. The van der Waals surface area contributed by atoms with E-state index in [1.807, 2.05) is 6.08 Å². The number of aromatic nitrogens is 2. The van der Waals surface area contributed by atoms with Gasteiger partial charge in [0.2, 0.25) is 5.88 Å². The number of nitrogens with zero attached hydrogens (tertiary/aromatic N) is 2. The highest BCUT2D eigenvalue weighted by molar-refractivity contribution is 8.03. The van der Waals surface area contributed by atoms with E-state index in [-0.39, 0.29) is 0 Å². The molecule has 0 fully saturated rings. The molecule has 0 aromatic carbocycles. The fraction of sp³-hybridized carbons (Fsp3) is 0.357. The summed E-state index contributed by atoms with van der Waals surface area (Å²) >= 11 is 5.83. The van der Waals surface area contributed by atoms with Gasteiger partial charge in [-0.2, -0.15) is 0 Å². The van der Waals surface area contributed by atoms with Crippen molar-refractivity contribution in [2.24, 2.45) is 0 Å². The summed E-state index contributed by atoms with van der Waals surface area (Å²) in [4.78, 5) is 1.12. The average molecular weight is 296 g/mol. The molecule has 1 rings (SSSR count). The minimum Gasteiger partial charge on any atom is -0.472 e. The Labute approximate surface area is 125 Å². The number of ether oxygens (including phenoxy) is 1. The first-order chi connectivity index (χ1) is 9.12. The molecule has 0 unspecified atom stereocenters. The molecule has 0 saturated heterocycles. The molecule has 0 saturated carbocycles. The largest absolute Gasteiger partial charge is 0.472 e. The van der Waals surface area contributed by atoms with E-state index in [4.69, 9.17) is 4.74 Å². The molecule has 5 heteroatoms. The number of rotatable bonds is 8. The van der Waals surface area contributed by atoms with Gasteiger partial charge in [0.25, 0.3) is 0 Å². The molecule has 1 heterocycles. The summed E-state index contributed by atoms with van der Waals surface area (Å²) in [5, 5.41) is 4.07. The highest BCUT2D eigenvalue weighted by Gasteiger charge is 2.09. The molecular weight excluding hydrogens is 276 g/mol. The van der Waals surface area contributed by atoms with Gasteiger partial charge in [0.1, 0.15) is 6.61 Å². The zero-order chi connectivity index (χ0) is 14.3. The summed E-state index contributed by atoms with van der Waals surface area (Å²) in [6, 6.07) is 1.78. The number of thioether (sulfide) groups is 1. The second-order valence-electron chi connectivity index (χ2n) is 3.80. The predicted molar refractivity (Wildman–Crippen MR) is 86.9 cm³/mol. The predicted octanol–water partition coefficient (Wildman–Crippen LogP) is 4.11. The van der Waals surface area contributed by atoms with Gasteiger partial charge in [-0.05, 0) is 30.6 Å². The first-order valence-corrected chi connectivity index (χ1v) is 7.55. The normalized spacial score (nSPS) is 11.9. The summed E-state index contributed by atoms with van der Waals surface area (Å²) < 4.78 is 7.10.